The molecule has 0 saturated carbocycles. The number of nitrogens with zero attached hydrogens (tertiary/aromatic N) is 1. The first-order chi connectivity index (χ1) is 28.4. The fourth-order valence-corrected chi connectivity index (χ4v) is 5.95. The number of aliphatic hydroxyl groups is 1. The van der Waals surface area contributed by atoms with E-state index in [-0.39, 0.29) is 26.1 Å². The minimum absolute atomic E-state index is 0.0168. The largest absolute Gasteiger partial charge is 0.756 e. The number of carbonyl (C=O) groups is 2. The number of phosphoric ester groups is 1. The number of aliphatic hydroxyl groups excluding tert-OH is 1. The minimum atomic E-state index is -4.69. The zero-order valence-corrected chi connectivity index (χ0v) is 38.2. The number of esters is 2. The van der Waals surface area contributed by atoms with Crippen molar-refractivity contribution >= 4 is 19.8 Å². The van der Waals surface area contributed by atoms with Crippen molar-refractivity contribution in [3.8, 4) is 0 Å². The maximum Gasteiger partial charge on any atom is 0.306 e. The molecule has 0 aliphatic rings. The van der Waals surface area contributed by atoms with Crippen LogP contribution in [0.1, 0.15) is 136 Å². The summed E-state index contributed by atoms with van der Waals surface area (Å²) in [4.78, 5) is 37.6. The minimum Gasteiger partial charge on any atom is -0.756 e. The Balaban J connectivity index is 4.62. The van der Waals surface area contributed by atoms with Gasteiger partial charge in [-0.15, -0.1) is 0 Å². The molecule has 0 aliphatic carbocycles. The molecule has 0 rings (SSSR count). The van der Waals surface area contributed by atoms with E-state index in [4.69, 9.17) is 18.5 Å². The second-order valence-corrected chi connectivity index (χ2v) is 16.9. The quantitative estimate of drug-likeness (QED) is 0.0161. The Kier molecular flexibility index (Phi) is 37.0. The molecule has 0 aliphatic heterocycles. The summed E-state index contributed by atoms with van der Waals surface area (Å²) in [6.45, 7) is 3.80. The normalized spacial score (nSPS) is 15.0. The number of hydrogen-bond donors (Lipinski definition) is 1. The van der Waals surface area contributed by atoms with Crippen LogP contribution >= 0.6 is 7.82 Å². The number of quaternary nitrogens is 1. The van der Waals surface area contributed by atoms with Gasteiger partial charge in [-0.1, -0.05) is 137 Å². The lowest BCUT2D eigenvalue weighted by atomic mass is 10.1. The third-order valence-corrected chi connectivity index (χ3v) is 9.66. The number of likely N-dealkylation sites (N-methyl/N-ethyl adjacent to an activating group) is 1. The number of unbranched alkanes of at least 4 members (excludes halogenated alkanes) is 7. The topological polar surface area (TPSA) is 131 Å². The maximum atomic E-state index is 12.7. The number of rotatable bonds is 38. The molecule has 11 heteroatoms. The van der Waals surface area contributed by atoms with Gasteiger partial charge in [0.1, 0.15) is 19.8 Å². The van der Waals surface area contributed by atoms with Gasteiger partial charge in [0.15, 0.2) is 6.10 Å². The highest BCUT2D eigenvalue weighted by molar-refractivity contribution is 7.45. The van der Waals surface area contributed by atoms with Crippen molar-refractivity contribution in [3.63, 3.8) is 0 Å². The van der Waals surface area contributed by atoms with Crippen LogP contribution in [0.25, 0.3) is 0 Å². The first-order valence-corrected chi connectivity index (χ1v) is 23.5. The van der Waals surface area contributed by atoms with E-state index in [0.29, 0.717) is 30.3 Å². The summed E-state index contributed by atoms with van der Waals surface area (Å²) in [7, 11) is 1.01. The predicted octanol–water partition coefficient (Wildman–Crippen LogP) is 10.9. The van der Waals surface area contributed by atoms with Crippen molar-refractivity contribution in [3.05, 3.63) is 97.2 Å². The van der Waals surface area contributed by atoms with Crippen molar-refractivity contribution in [2.45, 2.75) is 148 Å². The lowest BCUT2D eigenvalue weighted by molar-refractivity contribution is -0.870. The molecule has 336 valence electrons. The van der Waals surface area contributed by atoms with Crippen molar-refractivity contribution in [1.82, 2.24) is 0 Å². The molecule has 0 fully saturated rings. The highest BCUT2D eigenvalue weighted by Gasteiger charge is 2.22. The van der Waals surface area contributed by atoms with Gasteiger partial charge in [0, 0.05) is 12.8 Å². The van der Waals surface area contributed by atoms with E-state index in [1.807, 2.05) is 33.3 Å². The number of ether oxygens (including phenoxy) is 2. The van der Waals surface area contributed by atoms with Crippen molar-refractivity contribution < 1.29 is 47.2 Å². The lowest BCUT2D eigenvalue weighted by Gasteiger charge is -2.28. The highest BCUT2D eigenvalue weighted by Crippen LogP contribution is 2.38. The van der Waals surface area contributed by atoms with Crippen molar-refractivity contribution in [1.29, 1.82) is 0 Å². The number of carbonyl (C=O) groups excluding carboxylic acids is 2. The summed E-state index contributed by atoms with van der Waals surface area (Å²) >= 11 is 0. The van der Waals surface area contributed by atoms with E-state index in [0.717, 1.165) is 64.2 Å². The van der Waals surface area contributed by atoms with Crippen LogP contribution in [-0.2, 0) is 32.7 Å². The van der Waals surface area contributed by atoms with Gasteiger partial charge in [-0.05, 0) is 83.5 Å². The van der Waals surface area contributed by atoms with Crippen molar-refractivity contribution in [2.24, 2.45) is 0 Å². The summed E-state index contributed by atoms with van der Waals surface area (Å²) in [5.74, 6) is -1.08. The fraction of sp³-hybridized carbons (Fsp3) is 0.625. The number of phosphoric acid groups is 1. The third kappa shape index (κ3) is 42.8. The molecule has 0 radical (unpaired) electrons. The number of allylic oxidation sites excluding steroid dienone is 15. The van der Waals surface area contributed by atoms with E-state index in [1.54, 1.807) is 12.2 Å². The Morgan fingerprint density at radius 3 is 1.78 bits per heavy atom. The molecule has 0 aromatic heterocycles. The predicted molar refractivity (Wildman–Crippen MR) is 241 cm³/mol. The average molecular weight is 846 g/mol. The summed E-state index contributed by atoms with van der Waals surface area (Å²) in [5.41, 5.74) is 0. The first kappa shape index (κ1) is 55.9. The van der Waals surface area contributed by atoms with E-state index in [9.17, 15) is 24.2 Å². The first-order valence-electron chi connectivity index (χ1n) is 22.1. The smallest absolute Gasteiger partial charge is 0.306 e. The van der Waals surface area contributed by atoms with E-state index >= 15 is 0 Å². The van der Waals surface area contributed by atoms with Gasteiger partial charge in [0.25, 0.3) is 7.82 Å². The Hall–Kier alpha value is -3.11. The summed E-state index contributed by atoms with van der Waals surface area (Å²) in [6, 6.07) is 0. The fourth-order valence-electron chi connectivity index (χ4n) is 5.22. The van der Waals surface area contributed by atoms with Gasteiger partial charge in [0.2, 0.25) is 0 Å². The highest BCUT2D eigenvalue weighted by atomic mass is 31.2. The molecule has 0 amide bonds. The summed E-state index contributed by atoms with van der Waals surface area (Å²) < 4.78 is 33.7. The number of hydrogen-bond acceptors (Lipinski definition) is 9. The van der Waals surface area contributed by atoms with Crippen LogP contribution in [0.2, 0.25) is 0 Å². The van der Waals surface area contributed by atoms with Crippen molar-refractivity contribution in [2.75, 3.05) is 47.5 Å². The summed E-state index contributed by atoms with van der Waals surface area (Å²) in [6.07, 6.45) is 47.5. The second-order valence-electron chi connectivity index (χ2n) is 15.5. The lowest BCUT2D eigenvalue weighted by Crippen LogP contribution is -2.37. The second kappa shape index (κ2) is 39.1. The van der Waals surface area contributed by atoms with Gasteiger partial charge in [0.05, 0.1) is 33.9 Å². The molecule has 0 bridgehead atoms. The van der Waals surface area contributed by atoms with Crippen LogP contribution in [-0.4, -0.2) is 81.2 Å². The van der Waals surface area contributed by atoms with Crippen LogP contribution in [0.4, 0.5) is 0 Å². The molecule has 0 heterocycles. The van der Waals surface area contributed by atoms with Crippen LogP contribution in [0.5, 0.6) is 0 Å². The average Bonchev–Trinajstić information content (AvgIpc) is 3.18. The SMILES string of the molecule is CC/C=C\C/C=C\C/C=C\C/C=C\C=C\C(O)CCCC(=O)O[C@H](COC(=O)CCCCCC/C=C\C/C=C\C/C=C\CCCCC)COP(=O)([O-])OCC[N+](C)(C)C. The maximum absolute atomic E-state index is 12.7. The zero-order valence-electron chi connectivity index (χ0n) is 37.3. The van der Waals surface area contributed by atoms with E-state index in [2.05, 4.69) is 86.8 Å². The van der Waals surface area contributed by atoms with E-state index < -0.39 is 38.6 Å². The van der Waals surface area contributed by atoms with E-state index in [1.165, 1.54) is 25.7 Å². The molecule has 59 heavy (non-hydrogen) atoms. The molecule has 0 aromatic carbocycles. The molecular weight excluding hydrogens is 766 g/mol. The third-order valence-electron chi connectivity index (χ3n) is 8.69. The molecular formula is C48H80NO9P. The molecule has 3 atom stereocenters. The molecule has 2 unspecified atom stereocenters. The standard InChI is InChI=1S/C48H80NO9P/c1-6-8-10-12-14-16-18-20-21-22-23-25-27-29-31-33-35-39-47(51)55-43-46(44-57-59(53,54)56-42-41-49(3,4)5)58-48(52)40-36-38-45(50)37-34-32-30-28-26-24-19-17-15-13-11-9-7-2/h9,11,14-17,20-21,23-26,30,32,34,37,45-46,50H,6-8,10,12-13,18-19,22,27-29,31,33,35-36,38-44H2,1-5H3/b11-9-,16-14-,17-15-,21-20-,25-23-,26-24-,32-30-,37-34+/t45?,46-/m1/s1. The molecule has 10 nitrogen and oxygen atoms in total. The van der Waals surface area contributed by atoms with Gasteiger partial charge in [-0.2, -0.15) is 0 Å². The van der Waals surface area contributed by atoms with Crippen LogP contribution in [0.3, 0.4) is 0 Å². The van der Waals surface area contributed by atoms with Gasteiger partial charge in [-0.25, -0.2) is 0 Å². The van der Waals surface area contributed by atoms with Crippen LogP contribution in [0, 0.1) is 0 Å². The Morgan fingerprint density at radius 2 is 1.19 bits per heavy atom. The zero-order chi connectivity index (χ0) is 43.7. The molecule has 1 N–H and O–H groups in total. The summed E-state index contributed by atoms with van der Waals surface area (Å²) in [5, 5.41) is 10.3. The molecule has 0 saturated heterocycles. The Morgan fingerprint density at radius 1 is 0.644 bits per heavy atom. The molecule has 0 spiro atoms. The van der Waals surface area contributed by atoms with Crippen LogP contribution < -0.4 is 4.89 Å². The molecule has 0 aromatic rings. The van der Waals surface area contributed by atoms with Gasteiger partial charge < -0.3 is 33.0 Å². The Labute approximate surface area is 358 Å². The monoisotopic (exact) mass is 846 g/mol. The van der Waals surface area contributed by atoms with Gasteiger partial charge in [-0.3, -0.25) is 14.2 Å². The van der Waals surface area contributed by atoms with Gasteiger partial charge >= 0.3 is 11.9 Å². The van der Waals surface area contributed by atoms with Crippen LogP contribution in [0.15, 0.2) is 97.2 Å². The Bertz CT molecular complexity index is 1340.